The summed E-state index contributed by atoms with van der Waals surface area (Å²) in [4.78, 5) is 21.5. The number of hydrogen-bond acceptors (Lipinski definition) is 5. The quantitative estimate of drug-likeness (QED) is 0.314. The number of piperidine rings is 1. The molecule has 0 atom stereocenters. The van der Waals surface area contributed by atoms with Gasteiger partial charge in [0.15, 0.2) is 23.1 Å². The van der Waals surface area contributed by atoms with E-state index in [1.54, 1.807) is 28.9 Å². The van der Waals surface area contributed by atoms with E-state index in [1.807, 2.05) is 13.0 Å². The maximum absolute atomic E-state index is 14.5. The number of carbonyl (C=O) groups is 1. The summed E-state index contributed by atoms with van der Waals surface area (Å²) in [5, 5.41) is 9.32. The smallest absolute Gasteiger partial charge is 0.251 e. The van der Waals surface area contributed by atoms with E-state index in [0.717, 1.165) is 37.2 Å². The number of carbonyl (C=O) groups excluding carboxylic acids is 1. The molecule has 0 bridgehead atoms. The average molecular weight is 511 g/mol. The second kappa shape index (κ2) is 10.2. The molecule has 1 aliphatic rings. The van der Waals surface area contributed by atoms with Gasteiger partial charge in [0.25, 0.3) is 5.91 Å². The van der Waals surface area contributed by atoms with E-state index in [4.69, 9.17) is 11.6 Å². The van der Waals surface area contributed by atoms with Crippen LogP contribution in [-0.2, 0) is 0 Å². The fourth-order valence-electron chi connectivity index (χ4n) is 4.48. The lowest BCUT2D eigenvalue weighted by Gasteiger charge is -2.23. The molecule has 36 heavy (non-hydrogen) atoms. The Hall–Kier alpha value is -3.56. The van der Waals surface area contributed by atoms with Crippen LogP contribution in [0.2, 0.25) is 5.02 Å². The van der Waals surface area contributed by atoms with Crippen LogP contribution in [-0.4, -0.2) is 39.9 Å². The number of imidazole rings is 1. The fraction of sp³-hybridized carbons (Fsp3) is 0.269. The third kappa shape index (κ3) is 4.76. The number of hydrogen-bond donors (Lipinski definition) is 3. The standard InChI is InChI=1S/C26H25ClF2N6O/c1-15-12-17(2-3-18(15)26(36)33-13-16-6-8-30-9-7-16)34-24-25-32-14-21(35(25)11-10-31-24)19-4-5-20(27)23(29)22(19)28/h2-5,10-12,14,16,30H,6-9,13H2,1H3,(H,31,34)(H,33,36). The van der Waals surface area contributed by atoms with E-state index < -0.39 is 11.6 Å². The lowest BCUT2D eigenvalue weighted by molar-refractivity contribution is 0.0943. The van der Waals surface area contributed by atoms with Crippen molar-refractivity contribution in [2.45, 2.75) is 19.8 Å². The molecule has 1 fully saturated rings. The van der Waals surface area contributed by atoms with Crippen LogP contribution in [0.1, 0.15) is 28.8 Å². The van der Waals surface area contributed by atoms with Gasteiger partial charge < -0.3 is 16.0 Å². The van der Waals surface area contributed by atoms with E-state index in [0.29, 0.717) is 35.2 Å². The summed E-state index contributed by atoms with van der Waals surface area (Å²) < 4.78 is 30.2. The van der Waals surface area contributed by atoms with Crippen molar-refractivity contribution >= 4 is 34.7 Å². The highest BCUT2D eigenvalue weighted by Gasteiger charge is 2.19. The first kappa shape index (κ1) is 24.1. The van der Waals surface area contributed by atoms with Crippen LogP contribution in [0.5, 0.6) is 0 Å². The maximum atomic E-state index is 14.5. The summed E-state index contributed by atoms with van der Waals surface area (Å²) in [6.07, 6.45) is 6.75. The number of anilines is 2. The van der Waals surface area contributed by atoms with Crippen molar-refractivity contribution in [1.82, 2.24) is 25.0 Å². The van der Waals surface area contributed by atoms with E-state index in [9.17, 15) is 13.6 Å². The minimum Gasteiger partial charge on any atom is -0.352 e. The third-order valence-electron chi connectivity index (χ3n) is 6.48. The van der Waals surface area contributed by atoms with Gasteiger partial charge in [-0.3, -0.25) is 9.20 Å². The van der Waals surface area contributed by atoms with Crippen LogP contribution in [0.3, 0.4) is 0 Å². The van der Waals surface area contributed by atoms with Crippen LogP contribution >= 0.6 is 11.6 Å². The van der Waals surface area contributed by atoms with Crippen LogP contribution in [0.25, 0.3) is 16.9 Å². The first-order chi connectivity index (χ1) is 17.4. The zero-order chi connectivity index (χ0) is 25.2. The lowest BCUT2D eigenvalue weighted by atomic mass is 9.98. The fourth-order valence-corrected chi connectivity index (χ4v) is 4.63. The van der Waals surface area contributed by atoms with Gasteiger partial charge in [-0.1, -0.05) is 11.6 Å². The molecule has 7 nitrogen and oxygen atoms in total. The summed E-state index contributed by atoms with van der Waals surface area (Å²) >= 11 is 5.69. The molecule has 186 valence electrons. The van der Waals surface area contributed by atoms with Gasteiger partial charge in [0.05, 0.1) is 16.9 Å². The number of rotatable bonds is 6. The minimum atomic E-state index is -1.10. The largest absolute Gasteiger partial charge is 0.352 e. The normalized spacial score (nSPS) is 14.2. The molecule has 2 aromatic heterocycles. The summed E-state index contributed by atoms with van der Waals surface area (Å²) in [6, 6.07) is 8.16. The summed E-state index contributed by atoms with van der Waals surface area (Å²) in [5.41, 5.74) is 2.99. The molecule has 4 aromatic rings. The number of nitrogens with zero attached hydrogens (tertiary/aromatic N) is 3. The van der Waals surface area contributed by atoms with Gasteiger partial charge in [0.1, 0.15) is 0 Å². The highest BCUT2D eigenvalue weighted by atomic mass is 35.5. The lowest BCUT2D eigenvalue weighted by Crippen LogP contribution is -2.36. The summed E-state index contributed by atoms with van der Waals surface area (Å²) in [7, 11) is 0. The number of amides is 1. The second-order valence-corrected chi connectivity index (χ2v) is 9.30. The molecule has 3 N–H and O–H groups in total. The molecular formula is C26H25ClF2N6O. The molecular weight excluding hydrogens is 486 g/mol. The molecule has 1 amide bonds. The molecule has 0 spiro atoms. The van der Waals surface area contributed by atoms with Gasteiger partial charge in [-0.2, -0.15) is 0 Å². The Morgan fingerprint density at radius 2 is 1.97 bits per heavy atom. The van der Waals surface area contributed by atoms with Gasteiger partial charge in [0, 0.05) is 35.8 Å². The van der Waals surface area contributed by atoms with E-state index >= 15 is 0 Å². The van der Waals surface area contributed by atoms with Crippen LogP contribution in [0.15, 0.2) is 48.9 Å². The number of aromatic nitrogens is 3. The Bertz CT molecular complexity index is 1430. The van der Waals surface area contributed by atoms with Crippen molar-refractivity contribution in [3.05, 3.63) is 76.7 Å². The van der Waals surface area contributed by atoms with Crippen molar-refractivity contribution in [2.75, 3.05) is 25.0 Å². The first-order valence-electron chi connectivity index (χ1n) is 11.7. The number of halogens is 3. The van der Waals surface area contributed by atoms with E-state index in [-0.39, 0.29) is 16.5 Å². The van der Waals surface area contributed by atoms with Crippen LogP contribution in [0, 0.1) is 24.5 Å². The number of fused-ring (bicyclic) bond motifs is 1. The minimum absolute atomic E-state index is 0.0391. The topological polar surface area (TPSA) is 83.3 Å². The predicted octanol–water partition coefficient (Wildman–Crippen LogP) is 5.11. The molecule has 1 saturated heterocycles. The Morgan fingerprint density at radius 3 is 2.75 bits per heavy atom. The summed E-state index contributed by atoms with van der Waals surface area (Å²) in [5.74, 6) is -1.30. The molecule has 1 aliphatic heterocycles. The SMILES string of the molecule is Cc1cc(Nc2nccn3c(-c4ccc(Cl)c(F)c4F)cnc23)ccc1C(=O)NCC1CCNCC1. The van der Waals surface area contributed by atoms with Crippen LogP contribution < -0.4 is 16.0 Å². The van der Waals surface area contributed by atoms with Crippen molar-refractivity contribution in [3.8, 4) is 11.3 Å². The predicted molar refractivity (Wildman–Crippen MR) is 136 cm³/mol. The Kier molecular flexibility index (Phi) is 6.84. The molecule has 0 radical (unpaired) electrons. The maximum Gasteiger partial charge on any atom is 0.251 e. The van der Waals surface area contributed by atoms with Crippen molar-refractivity contribution in [3.63, 3.8) is 0 Å². The Morgan fingerprint density at radius 1 is 1.17 bits per heavy atom. The van der Waals surface area contributed by atoms with Gasteiger partial charge in [-0.25, -0.2) is 18.7 Å². The third-order valence-corrected chi connectivity index (χ3v) is 6.77. The van der Waals surface area contributed by atoms with E-state index in [1.165, 1.54) is 18.3 Å². The van der Waals surface area contributed by atoms with Crippen molar-refractivity contribution < 1.29 is 13.6 Å². The number of benzene rings is 2. The molecule has 2 aromatic carbocycles. The van der Waals surface area contributed by atoms with Gasteiger partial charge in [-0.15, -0.1) is 0 Å². The summed E-state index contributed by atoms with van der Waals surface area (Å²) in [6.45, 7) is 4.53. The van der Waals surface area contributed by atoms with Gasteiger partial charge in [0.2, 0.25) is 0 Å². The zero-order valence-corrected chi connectivity index (χ0v) is 20.4. The van der Waals surface area contributed by atoms with Crippen molar-refractivity contribution in [2.24, 2.45) is 5.92 Å². The number of aryl methyl sites for hydroxylation is 1. The number of nitrogens with one attached hydrogen (secondary N) is 3. The van der Waals surface area contributed by atoms with Gasteiger partial charge >= 0.3 is 0 Å². The molecule has 0 unspecified atom stereocenters. The molecule has 5 rings (SSSR count). The molecule has 10 heteroatoms. The monoisotopic (exact) mass is 510 g/mol. The van der Waals surface area contributed by atoms with E-state index in [2.05, 4.69) is 25.9 Å². The van der Waals surface area contributed by atoms with Crippen LogP contribution in [0.4, 0.5) is 20.3 Å². The highest BCUT2D eigenvalue weighted by molar-refractivity contribution is 6.30. The first-order valence-corrected chi connectivity index (χ1v) is 12.1. The highest BCUT2D eigenvalue weighted by Crippen LogP contribution is 2.30. The Balaban J connectivity index is 1.35. The van der Waals surface area contributed by atoms with Gasteiger partial charge in [-0.05, 0) is 74.7 Å². The molecule has 0 aliphatic carbocycles. The molecule has 0 saturated carbocycles. The molecule has 3 heterocycles. The average Bonchev–Trinajstić information content (AvgIpc) is 3.32. The Labute approximate surface area is 211 Å². The van der Waals surface area contributed by atoms with Crippen molar-refractivity contribution in [1.29, 1.82) is 0 Å². The zero-order valence-electron chi connectivity index (χ0n) is 19.6. The second-order valence-electron chi connectivity index (χ2n) is 8.89.